The minimum Gasteiger partial charge on any atom is -0.497 e. The van der Waals surface area contributed by atoms with Gasteiger partial charge in [-0.15, -0.1) is 17.7 Å². The minimum atomic E-state index is -0.953. The maximum atomic E-state index is 12.9. The summed E-state index contributed by atoms with van der Waals surface area (Å²) in [5.41, 5.74) is -1.11. The Bertz CT molecular complexity index is 1250. The van der Waals surface area contributed by atoms with Gasteiger partial charge < -0.3 is 14.9 Å². The van der Waals surface area contributed by atoms with Crippen molar-refractivity contribution in [2.24, 2.45) is 28.6 Å². The fraction of sp³-hybridized carbons (Fsp3) is 0.758. The van der Waals surface area contributed by atoms with Gasteiger partial charge in [0.05, 0.1) is 24.1 Å². The zero-order valence-electron chi connectivity index (χ0n) is 24.1. The van der Waals surface area contributed by atoms with Crippen molar-refractivity contribution in [2.45, 2.75) is 118 Å². The summed E-state index contributed by atoms with van der Waals surface area (Å²) in [6.07, 6.45) is 7.75. The van der Waals surface area contributed by atoms with E-state index in [4.69, 9.17) is 14.5 Å². The molecule has 1 unspecified atom stereocenters. The molecule has 1 saturated heterocycles. The van der Waals surface area contributed by atoms with Crippen molar-refractivity contribution in [1.82, 2.24) is 0 Å². The summed E-state index contributed by atoms with van der Waals surface area (Å²) in [6, 6.07) is 6.54. The number of methoxy groups -OCH3 is 1. The molecule has 0 radical (unpaired) electrons. The molecule has 9 atom stereocenters. The molecule has 212 valence electrons. The lowest BCUT2D eigenvalue weighted by molar-refractivity contribution is -0.419. The quantitative estimate of drug-likeness (QED) is 0.317. The average Bonchev–Trinajstić information content (AvgIpc) is 3.13. The monoisotopic (exact) mass is 552 g/mol. The Morgan fingerprint density at radius 3 is 2.62 bits per heavy atom. The van der Waals surface area contributed by atoms with Crippen LogP contribution in [-0.2, 0) is 9.78 Å². The van der Waals surface area contributed by atoms with E-state index in [1.165, 1.54) is 10.5 Å². The van der Waals surface area contributed by atoms with Gasteiger partial charge in [0, 0.05) is 16.7 Å². The number of hydrogen-bond acceptors (Lipinski definition) is 6. The van der Waals surface area contributed by atoms with E-state index in [0.29, 0.717) is 30.8 Å². The van der Waals surface area contributed by atoms with Crippen molar-refractivity contribution < 1.29 is 24.7 Å². The van der Waals surface area contributed by atoms with Gasteiger partial charge in [-0.25, -0.2) is 9.78 Å². The Hall–Kier alpha value is -1.23. The molecule has 2 aliphatic heterocycles. The van der Waals surface area contributed by atoms with Crippen LogP contribution in [0.4, 0.5) is 0 Å². The molecular weight excluding hydrogens is 508 g/mol. The first kappa shape index (κ1) is 26.7. The topological polar surface area (TPSA) is 68.2 Å². The van der Waals surface area contributed by atoms with Crippen molar-refractivity contribution in [1.29, 1.82) is 0 Å². The highest BCUT2D eigenvalue weighted by atomic mass is 32.2. The van der Waals surface area contributed by atoms with Gasteiger partial charge in [0.2, 0.25) is 0 Å². The molecule has 39 heavy (non-hydrogen) atoms. The molecule has 2 spiro atoms. The molecule has 1 aromatic rings. The molecule has 4 aliphatic carbocycles. The lowest BCUT2D eigenvalue weighted by Crippen LogP contribution is -2.72. The van der Waals surface area contributed by atoms with E-state index >= 15 is 0 Å². The summed E-state index contributed by atoms with van der Waals surface area (Å²) >= 11 is 1.93. The molecular formula is C33H44O5S. The van der Waals surface area contributed by atoms with Crippen LogP contribution in [0.15, 0.2) is 23.1 Å². The lowest BCUT2D eigenvalue weighted by atomic mass is 9.43. The van der Waals surface area contributed by atoms with Crippen LogP contribution in [0.25, 0.3) is 0 Å². The van der Waals surface area contributed by atoms with Gasteiger partial charge in [-0.2, -0.15) is 0 Å². The number of thioether (sulfide) groups is 1. The van der Waals surface area contributed by atoms with E-state index in [2.05, 4.69) is 50.8 Å². The third-order valence-corrected chi connectivity index (χ3v) is 13.9. The van der Waals surface area contributed by atoms with Crippen LogP contribution in [0.2, 0.25) is 0 Å². The predicted octanol–water partition coefficient (Wildman–Crippen LogP) is 6.26. The van der Waals surface area contributed by atoms with Crippen molar-refractivity contribution in [2.75, 3.05) is 13.7 Å². The first-order valence-electron chi connectivity index (χ1n) is 15.0. The molecule has 7 rings (SSSR count). The fourth-order valence-electron chi connectivity index (χ4n) is 10.7. The smallest absolute Gasteiger partial charge is 0.131 e. The van der Waals surface area contributed by atoms with E-state index in [9.17, 15) is 10.2 Å². The Balaban J connectivity index is 1.37. The van der Waals surface area contributed by atoms with Crippen molar-refractivity contribution in [3.05, 3.63) is 23.8 Å². The zero-order chi connectivity index (χ0) is 27.5. The summed E-state index contributed by atoms with van der Waals surface area (Å²) in [5.74, 6) is 8.70. The summed E-state index contributed by atoms with van der Waals surface area (Å²) in [4.78, 5) is 13.1. The van der Waals surface area contributed by atoms with Crippen LogP contribution >= 0.6 is 11.8 Å². The Labute approximate surface area is 237 Å². The predicted molar refractivity (Wildman–Crippen MR) is 151 cm³/mol. The summed E-state index contributed by atoms with van der Waals surface area (Å²) in [7, 11) is 1.73. The first-order valence-corrected chi connectivity index (χ1v) is 15.8. The molecule has 0 bridgehead atoms. The van der Waals surface area contributed by atoms with Gasteiger partial charge in [0.25, 0.3) is 0 Å². The highest BCUT2D eigenvalue weighted by Gasteiger charge is 2.74. The van der Waals surface area contributed by atoms with Gasteiger partial charge in [0.1, 0.15) is 17.0 Å². The second-order valence-electron chi connectivity index (χ2n) is 14.8. The van der Waals surface area contributed by atoms with Gasteiger partial charge in [0.15, 0.2) is 0 Å². The number of benzene rings is 1. The highest BCUT2D eigenvalue weighted by molar-refractivity contribution is 8.01. The second-order valence-corrected chi connectivity index (χ2v) is 16.2. The molecule has 5 fully saturated rings. The number of rotatable bonds is 1. The van der Waals surface area contributed by atoms with Crippen LogP contribution in [0, 0.1) is 40.4 Å². The van der Waals surface area contributed by atoms with Gasteiger partial charge in [-0.1, -0.05) is 32.8 Å². The molecule has 2 heterocycles. The molecule has 0 amide bonds. The summed E-state index contributed by atoms with van der Waals surface area (Å²) in [6.45, 7) is 9.26. The van der Waals surface area contributed by atoms with Crippen LogP contribution in [0.1, 0.15) is 97.0 Å². The van der Waals surface area contributed by atoms with Crippen LogP contribution in [0.3, 0.4) is 0 Å². The van der Waals surface area contributed by atoms with Crippen LogP contribution < -0.4 is 4.74 Å². The Morgan fingerprint density at radius 1 is 1.05 bits per heavy atom. The third kappa shape index (κ3) is 3.50. The van der Waals surface area contributed by atoms with Crippen molar-refractivity contribution >= 4 is 11.8 Å². The Kier molecular flexibility index (Phi) is 5.75. The SMILES string of the molecule is CC#C[C@]1(O)CC[C@H]2[C@@H]3CC[C@@]4(O)CC5(CC[C@@]46Sc4cc(OC)ccc4[C@@H](C[C@@]21C)[C@@H]36)CC(C)(C)COO5. The second kappa shape index (κ2) is 8.42. The normalized spacial score (nSPS) is 49.1. The molecule has 4 saturated carbocycles. The number of ether oxygens (including phenoxy) is 1. The largest absolute Gasteiger partial charge is 0.497 e. The van der Waals surface area contributed by atoms with Gasteiger partial charge in [-0.05, 0) is 105 Å². The highest BCUT2D eigenvalue weighted by Crippen LogP contribution is 2.76. The third-order valence-electron chi connectivity index (χ3n) is 12.2. The van der Waals surface area contributed by atoms with E-state index in [1.807, 2.05) is 18.7 Å². The average molecular weight is 553 g/mol. The van der Waals surface area contributed by atoms with E-state index < -0.39 is 16.8 Å². The standard InChI is InChI=1S/C33H44O5S/c1-6-11-31(34)13-10-25-23-9-12-32(35)19-30(18-28(2,3)20-37-38-30)14-15-33(32)27(23)24(17-29(25,31)4)22-8-7-21(36-5)16-26(22)39-33/h7-8,16,23-25,27,34-35H,9-10,12-15,17-20H2,1-5H3/t23-,24+,25-,27+,29-,30?,31-,32+,33-/m0/s1. The van der Waals surface area contributed by atoms with E-state index in [1.54, 1.807) is 7.11 Å². The maximum absolute atomic E-state index is 12.9. The fourth-order valence-corrected chi connectivity index (χ4v) is 12.7. The molecule has 1 aromatic carbocycles. The number of fused-ring (bicyclic) bond motifs is 4. The van der Waals surface area contributed by atoms with E-state index in [0.717, 1.165) is 57.1 Å². The zero-order valence-corrected chi connectivity index (χ0v) is 25.0. The lowest BCUT2D eigenvalue weighted by Gasteiger charge is -2.69. The summed E-state index contributed by atoms with van der Waals surface area (Å²) in [5, 5.41) is 24.9. The van der Waals surface area contributed by atoms with Crippen molar-refractivity contribution in [3.8, 4) is 17.6 Å². The first-order chi connectivity index (χ1) is 18.4. The molecule has 0 aromatic heterocycles. The van der Waals surface area contributed by atoms with Gasteiger partial charge in [-0.3, -0.25) is 0 Å². The van der Waals surface area contributed by atoms with Crippen LogP contribution in [0.5, 0.6) is 5.75 Å². The minimum absolute atomic E-state index is 0.0276. The molecule has 6 heteroatoms. The number of aliphatic hydroxyl groups is 2. The van der Waals surface area contributed by atoms with Crippen molar-refractivity contribution in [3.63, 3.8) is 0 Å². The molecule has 6 aliphatic rings. The number of hydrogen-bond donors (Lipinski definition) is 2. The Morgan fingerprint density at radius 2 is 1.87 bits per heavy atom. The maximum Gasteiger partial charge on any atom is 0.131 e. The molecule has 2 N–H and O–H groups in total. The van der Waals surface area contributed by atoms with Crippen LogP contribution in [-0.4, -0.2) is 45.5 Å². The van der Waals surface area contributed by atoms with Gasteiger partial charge >= 0.3 is 0 Å². The molecule has 5 nitrogen and oxygen atoms in total. The summed E-state index contributed by atoms with van der Waals surface area (Å²) < 4.78 is 5.38. The van der Waals surface area contributed by atoms with E-state index in [-0.39, 0.29) is 21.5 Å².